The highest BCUT2D eigenvalue weighted by atomic mass is 35.5. The van der Waals surface area contributed by atoms with Crippen molar-refractivity contribution in [2.45, 2.75) is 58.7 Å². The van der Waals surface area contributed by atoms with Crippen molar-refractivity contribution < 1.29 is 14.3 Å². The summed E-state index contributed by atoms with van der Waals surface area (Å²) in [6.07, 6.45) is 0.640. The summed E-state index contributed by atoms with van der Waals surface area (Å²) < 4.78 is 5.22. The van der Waals surface area contributed by atoms with Gasteiger partial charge in [0.25, 0.3) is 0 Å². The minimum Gasteiger partial charge on any atom is -0.497 e. The number of nitrogens with one attached hydrogen (secondary N) is 1. The Bertz CT molecular complexity index is 859. The second-order valence-electron chi connectivity index (χ2n) is 8.30. The molecule has 0 saturated heterocycles. The maximum atomic E-state index is 13.3. The maximum Gasteiger partial charge on any atom is 0.243 e. The fourth-order valence-corrected chi connectivity index (χ4v) is 3.41. The highest BCUT2D eigenvalue weighted by molar-refractivity contribution is 6.31. The molecule has 1 N–H and O–H groups in total. The number of carbonyl (C=O) groups excluding carboxylic acids is 2. The second kappa shape index (κ2) is 10.5. The first-order chi connectivity index (χ1) is 14.1. The number of ether oxygens (including phenoxy) is 1. The molecule has 0 aliphatic carbocycles. The zero-order valence-electron chi connectivity index (χ0n) is 18.4. The lowest BCUT2D eigenvalue weighted by molar-refractivity contribution is -0.141. The van der Waals surface area contributed by atoms with Crippen LogP contribution < -0.4 is 10.1 Å². The third-order valence-corrected chi connectivity index (χ3v) is 5.06. The molecule has 2 amide bonds. The molecule has 0 aliphatic rings. The van der Waals surface area contributed by atoms with E-state index in [-0.39, 0.29) is 23.8 Å². The Hall–Kier alpha value is -2.53. The molecule has 1 unspecified atom stereocenters. The Kier molecular flexibility index (Phi) is 8.30. The van der Waals surface area contributed by atoms with Crippen LogP contribution in [0.15, 0.2) is 48.5 Å². The van der Waals surface area contributed by atoms with Gasteiger partial charge in [-0.1, -0.05) is 48.9 Å². The fourth-order valence-electron chi connectivity index (χ4n) is 3.21. The first-order valence-electron chi connectivity index (χ1n) is 10.1. The van der Waals surface area contributed by atoms with E-state index in [4.69, 9.17) is 16.3 Å². The molecular formula is C24H31ClN2O3. The lowest BCUT2D eigenvalue weighted by atomic mass is 10.0. The molecule has 2 aromatic rings. The highest BCUT2D eigenvalue weighted by Crippen LogP contribution is 2.20. The molecule has 2 aromatic carbocycles. The van der Waals surface area contributed by atoms with Crippen molar-refractivity contribution in [3.63, 3.8) is 0 Å². The van der Waals surface area contributed by atoms with E-state index in [0.717, 1.165) is 16.9 Å². The monoisotopic (exact) mass is 430 g/mol. The normalized spacial score (nSPS) is 12.2. The summed E-state index contributed by atoms with van der Waals surface area (Å²) >= 11 is 6.27. The SMILES string of the molecule is CCC(C(=O)NC(C)(C)C)N(Cc1ccc(OC)cc1)C(=O)Cc1ccccc1Cl. The molecule has 2 rings (SSSR count). The van der Waals surface area contributed by atoms with Gasteiger partial charge in [-0.25, -0.2) is 0 Å². The van der Waals surface area contributed by atoms with Crippen LogP contribution in [0.5, 0.6) is 5.75 Å². The van der Waals surface area contributed by atoms with Gasteiger partial charge in [0.15, 0.2) is 0 Å². The van der Waals surface area contributed by atoms with E-state index in [9.17, 15) is 9.59 Å². The molecule has 162 valence electrons. The smallest absolute Gasteiger partial charge is 0.243 e. The van der Waals surface area contributed by atoms with Gasteiger partial charge in [-0.2, -0.15) is 0 Å². The Morgan fingerprint density at radius 3 is 2.27 bits per heavy atom. The van der Waals surface area contributed by atoms with E-state index >= 15 is 0 Å². The number of carbonyl (C=O) groups is 2. The maximum absolute atomic E-state index is 13.3. The highest BCUT2D eigenvalue weighted by Gasteiger charge is 2.30. The lowest BCUT2D eigenvalue weighted by Gasteiger charge is -2.33. The average Bonchev–Trinajstić information content (AvgIpc) is 2.68. The molecule has 1 atom stereocenters. The average molecular weight is 431 g/mol. The van der Waals surface area contributed by atoms with Crippen molar-refractivity contribution in [2.24, 2.45) is 0 Å². The number of rotatable bonds is 8. The zero-order chi connectivity index (χ0) is 22.3. The zero-order valence-corrected chi connectivity index (χ0v) is 19.1. The van der Waals surface area contributed by atoms with E-state index in [2.05, 4.69) is 5.32 Å². The minimum absolute atomic E-state index is 0.134. The molecule has 0 radical (unpaired) electrons. The van der Waals surface area contributed by atoms with Crippen LogP contribution in [-0.4, -0.2) is 35.4 Å². The molecule has 5 nitrogen and oxygen atoms in total. The molecule has 30 heavy (non-hydrogen) atoms. The van der Waals surface area contributed by atoms with E-state index < -0.39 is 6.04 Å². The third-order valence-electron chi connectivity index (χ3n) is 4.70. The minimum atomic E-state index is -0.582. The number of methoxy groups -OCH3 is 1. The van der Waals surface area contributed by atoms with Gasteiger partial charge in [0.05, 0.1) is 13.5 Å². The molecule has 0 spiro atoms. The molecule has 0 heterocycles. The molecule has 0 aromatic heterocycles. The van der Waals surface area contributed by atoms with Gasteiger partial charge in [-0.15, -0.1) is 0 Å². The van der Waals surface area contributed by atoms with E-state index in [1.165, 1.54) is 0 Å². The van der Waals surface area contributed by atoms with Crippen molar-refractivity contribution in [3.8, 4) is 5.75 Å². The molecule has 0 bridgehead atoms. The van der Waals surface area contributed by atoms with Crippen molar-refractivity contribution in [1.29, 1.82) is 0 Å². The predicted octanol–water partition coefficient (Wildman–Crippen LogP) is 4.61. The number of halogens is 1. The summed E-state index contributed by atoms with van der Waals surface area (Å²) in [5, 5.41) is 3.55. The topological polar surface area (TPSA) is 58.6 Å². The third kappa shape index (κ3) is 6.77. The molecular weight excluding hydrogens is 400 g/mol. The van der Waals surface area contributed by atoms with Crippen molar-refractivity contribution in [3.05, 3.63) is 64.7 Å². The van der Waals surface area contributed by atoms with Crippen molar-refractivity contribution in [2.75, 3.05) is 7.11 Å². The van der Waals surface area contributed by atoms with E-state index in [0.29, 0.717) is 18.0 Å². The Morgan fingerprint density at radius 2 is 1.73 bits per heavy atom. The van der Waals surface area contributed by atoms with Crippen LogP contribution in [0.25, 0.3) is 0 Å². The number of nitrogens with zero attached hydrogens (tertiary/aromatic N) is 1. The number of hydrogen-bond acceptors (Lipinski definition) is 3. The summed E-state index contributed by atoms with van der Waals surface area (Å²) in [5.74, 6) is 0.436. The quantitative estimate of drug-likeness (QED) is 0.665. The summed E-state index contributed by atoms with van der Waals surface area (Å²) in [6, 6.07) is 14.2. The number of benzene rings is 2. The van der Waals surface area contributed by atoms with Crippen LogP contribution in [0.2, 0.25) is 5.02 Å². The standard InChI is InChI=1S/C24H31ClN2O3/c1-6-21(23(29)26-24(2,3)4)27(16-17-11-13-19(30-5)14-12-17)22(28)15-18-9-7-8-10-20(18)25/h7-14,21H,6,15-16H2,1-5H3,(H,26,29). The molecule has 0 fully saturated rings. The predicted molar refractivity (Wildman–Crippen MR) is 121 cm³/mol. The van der Waals surface area contributed by atoms with Gasteiger partial charge in [-0.3, -0.25) is 9.59 Å². The van der Waals surface area contributed by atoms with Gasteiger partial charge >= 0.3 is 0 Å². The first-order valence-corrected chi connectivity index (χ1v) is 10.5. The van der Waals surface area contributed by atoms with Crippen LogP contribution in [0, 0.1) is 0 Å². The van der Waals surface area contributed by atoms with Gasteiger partial charge in [0.1, 0.15) is 11.8 Å². The van der Waals surface area contributed by atoms with Gasteiger partial charge < -0.3 is 15.0 Å². The summed E-state index contributed by atoms with van der Waals surface area (Å²) in [4.78, 5) is 28.0. The van der Waals surface area contributed by atoms with E-state index in [1.54, 1.807) is 18.1 Å². The Morgan fingerprint density at radius 1 is 1.10 bits per heavy atom. The lowest BCUT2D eigenvalue weighted by Crippen LogP contribution is -2.53. The van der Waals surface area contributed by atoms with Gasteiger partial charge in [0, 0.05) is 17.1 Å². The molecule has 0 saturated carbocycles. The molecule has 6 heteroatoms. The van der Waals surface area contributed by atoms with Gasteiger partial charge in [-0.05, 0) is 56.5 Å². The summed E-state index contributed by atoms with van der Waals surface area (Å²) in [7, 11) is 1.61. The number of amides is 2. The van der Waals surface area contributed by atoms with Crippen LogP contribution in [0.3, 0.4) is 0 Å². The van der Waals surface area contributed by atoms with Crippen LogP contribution in [0.1, 0.15) is 45.2 Å². The van der Waals surface area contributed by atoms with Crippen LogP contribution >= 0.6 is 11.6 Å². The first kappa shape index (κ1) is 23.7. The Labute approximate surface area is 184 Å². The fraction of sp³-hybridized carbons (Fsp3) is 0.417. The van der Waals surface area contributed by atoms with Gasteiger partial charge in [0.2, 0.25) is 11.8 Å². The number of hydrogen-bond donors (Lipinski definition) is 1. The van der Waals surface area contributed by atoms with Crippen molar-refractivity contribution >= 4 is 23.4 Å². The Balaban J connectivity index is 2.32. The summed E-state index contributed by atoms with van der Waals surface area (Å²) in [6.45, 7) is 8.02. The molecule has 0 aliphatic heterocycles. The van der Waals surface area contributed by atoms with E-state index in [1.807, 2.05) is 70.2 Å². The van der Waals surface area contributed by atoms with Crippen LogP contribution in [0.4, 0.5) is 0 Å². The largest absolute Gasteiger partial charge is 0.497 e. The second-order valence-corrected chi connectivity index (χ2v) is 8.71. The van der Waals surface area contributed by atoms with Crippen LogP contribution in [-0.2, 0) is 22.6 Å². The summed E-state index contributed by atoms with van der Waals surface area (Å²) in [5.41, 5.74) is 1.28. The van der Waals surface area contributed by atoms with Crippen molar-refractivity contribution in [1.82, 2.24) is 10.2 Å².